The molecule has 2 aromatic rings. The van der Waals surface area contributed by atoms with Gasteiger partial charge in [-0.15, -0.1) is 0 Å². The van der Waals surface area contributed by atoms with Gasteiger partial charge in [-0.1, -0.05) is 63.2 Å². The first kappa shape index (κ1) is 25.2. The second-order valence-corrected chi connectivity index (χ2v) is 16.5. The number of ether oxygens (including phenoxy) is 1. The summed E-state index contributed by atoms with van der Waals surface area (Å²) in [5.74, 6) is 0.825. The lowest BCUT2D eigenvalue weighted by atomic mass is 9.96. The Bertz CT molecular complexity index is 916. The molecule has 32 heavy (non-hydrogen) atoms. The standard InChI is InChI=1S/C26H39NO3SSi/c1-8-32(9-2,10-3)30-26(22-16-18-23(29-7)19-17-22)20-25(26,21-14-12-11-13-15-21)27-31(28)24(4,5)6/h11-19,27H,8-10,20H2,1-7H3/t25-,26+,31-/m1/s1. The summed E-state index contributed by atoms with van der Waals surface area (Å²) < 4.78 is 29.4. The average Bonchev–Trinajstić information content (AvgIpc) is 3.46. The molecule has 0 saturated heterocycles. The molecule has 3 rings (SSSR count). The maximum atomic E-state index is 13.4. The van der Waals surface area contributed by atoms with Gasteiger partial charge in [0.2, 0.25) is 0 Å². The fourth-order valence-electron chi connectivity index (χ4n) is 4.60. The van der Waals surface area contributed by atoms with Crippen LogP contribution in [-0.4, -0.2) is 24.4 Å². The molecule has 0 aromatic heterocycles. The van der Waals surface area contributed by atoms with Crippen molar-refractivity contribution in [1.82, 2.24) is 4.72 Å². The Morgan fingerprint density at radius 1 is 0.938 bits per heavy atom. The smallest absolute Gasteiger partial charge is 0.193 e. The minimum Gasteiger partial charge on any atom is -0.497 e. The third kappa shape index (κ3) is 4.47. The van der Waals surface area contributed by atoms with Gasteiger partial charge in [0.05, 0.1) is 28.4 Å². The van der Waals surface area contributed by atoms with Gasteiger partial charge in [-0.25, -0.2) is 8.93 Å². The number of hydrogen-bond donors (Lipinski definition) is 1. The first-order valence-electron chi connectivity index (χ1n) is 11.7. The molecule has 6 heteroatoms. The topological polar surface area (TPSA) is 47.6 Å². The van der Waals surface area contributed by atoms with Crippen molar-refractivity contribution < 1.29 is 13.4 Å². The molecule has 1 saturated carbocycles. The molecule has 0 spiro atoms. The average molecular weight is 474 g/mol. The Labute approximate surface area is 197 Å². The van der Waals surface area contributed by atoms with Crippen molar-refractivity contribution in [2.75, 3.05) is 7.11 Å². The van der Waals surface area contributed by atoms with Crippen LogP contribution in [0.2, 0.25) is 18.1 Å². The lowest BCUT2D eigenvalue weighted by molar-refractivity contribution is 0.131. The molecular weight excluding hydrogens is 434 g/mol. The highest BCUT2D eigenvalue weighted by atomic mass is 32.2. The molecule has 3 atom stereocenters. The lowest BCUT2D eigenvalue weighted by Crippen LogP contribution is -2.48. The van der Waals surface area contributed by atoms with E-state index in [1.807, 2.05) is 39.0 Å². The first-order valence-corrected chi connectivity index (χ1v) is 15.4. The molecule has 1 aliphatic carbocycles. The van der Waals surface area contributed by atoms with Crippen molar-refractivity contribution in [1.29, 1.82) is 0 Å². The van der Waals surface area contributed by atoms with Crippen molar-refractivity contribution in [2.45, 2.75) is 82.0 Å². The maximum absolute atomic E-state index is 13.4. The van der Waals surface area contributed by atoms with E-state index in [2.05, 4.69) is 61.9 Å². The van der Waals surface area contributed by atoms with Crippen LogP contribution in [0.25, 0.3) is 0 Å². The molecule has 2 aromatic carbocycles. The van der Waals surface area contributed by atoms with Crippen LogP contribution in [0.1, 0.15) is 59.1 Å². The van der Waals surface area contributed by atoms with Crippen LogP contribution in [0.3, 0.4) is 0 Å². The van der Waals surface area contributed by atoms with E-state index in [9.17, 15) is 4.21 Å². The van der Waals surface area contributed by atoms with Gasteiger partial charge in [0.1, 0.15) is 11.4 Å². The summed E-state index contributed by atoms with van der Waals surface area (Å²) in [6.45, 7) is 12.8. The molecular formula is C26H39NO3SSi. The number of methoxy groups -OCH3 is 1. The predicted molar refractivity (Wildman–Crippen MR) is 137 cm³/mol. The van der Waals surface area contributed by atoms with Gasteiger partial charge in [-0.05, 0) is 62.2 Å². The number of hydrogen-bond acceptors (Lipinski definition) is 3. The summed E-state index contributed by atoms with van der Waals surface area (Å²) in [6, 6.07) is 21.8. The summed E-state index contributed by atoms with van der Waals surface area (Å²) >= 11 is 0. The highest BCUT2D eigenvalue weighted by molar-refractivity contribution is 7.84. The molecule has 0 aliphatic heterocycles. The van der Waals surface area contributed by atoms with Crippen LogP contribution in [-0.2, 0) is 26.6 Å². The second-order valence-electron chi connectivity index (χ2n) is 9.83. The fraction of sp³-hybridized carbons (Fsp3) is 0.538. The van der Waals surface area contributed by atoms with E-state index in [0.29, 0.717) is 0 Å². The van der Waals surface area contributed by atoms with Crippen molar-refractivity contribution in [3.8, 4) is 5.75 Å². The molecule has 0 heterocycles. The Morgan fingerprint density at radius 3 is 1.97 bits per heavy atom. The van der Waals surface area contributed by atoms with Crippen LogP contribution in [0.5, 0.6) is 5.75 Å². The summed E-state index contributed by atoms with van der Waals surface area (Å²) in [5, 5.41) is 0. The van der Waals surface area contributed by atoms with E-state index >= 15 is 0 Å². The maximum Gasteiger partial charge on any atom is 0.193 e. The van der Waals surface area contributed by atoms with Crippen molar-refractivity contribution in [2.24, 2.45) is 0 Å². The summed E-state index contributed by atoms with van der Waals surface area (Å²) in [4.78, 5) is 0. The minimum atomic E-state index is -1.98. The van der Waals surface area contributed by atoms with Crippen molar-refractivity contribution in [3.05, 3.63) is 65.7 Å². The van der Waals surface area contributed by atoms with Gasteiger partial charge in [0, 0.05) is 6.42 Å². The zero-order chi connectivity index (χ0) is 23.6. The van der Waals surface area contributed by atoms with E-state index < -0.39 is 30.4 Å². The normalized spacial score (nSPS) is 24.2. The van der Waals surface area contributed by atoms with Crippen LogP contribution in [0.15, 0.2) is 54.6 Å². The van der Waals surface area contributed by atoms with Crippen LogP contribution in [0, 0.1) is 0 Å². The molecule has 4 nitrogen and oxygen atoms in total. The van der Waals surface area contributed by atoms with Crippen LogP contribution < -0.4 is 9.46 Å². The molecule has 0 amide bonds. The SMILES string of the molecule is CC[Si](CC)(CC)O[C@]1(c2ccc(OC)cc2)C[C@@]1(N[S@](=O)C(C)(C)C)c1ccccc1. The van der Waals surface area contributed by atoms with E-state index in [0.717, 1.165) is 41.4 Å². The monoisotopic (exact) mass is 473 g/mol. The van der Waals surface area contributed by atoms with Gasteiger partial charge in [-0.2, -0.15) is 0 Å². The van der Waals surface area contributed by atoms with Gasteiger partial charge >= 0.3 is 0 Å². The van der Waals surface area contributed by atoms with E-state index in [1.165, 1.54) is 0 Å². The molecule has 1 aliphatic rings. The molecule has 1 fully saturated rings. The third-order valence-electron chi connectivity index (χ3n) is 7.05. The highest BCUT2D eigenvalue weighted by Crippen LogP contribution is 2.66. The Kier molecular flexibility index (Phi) is 7.40. The molecule has 1 N–H and O–H groups in total. The zero-order valence-corrected chi connectivity index (χ0v) is 22.5. The number of benzene rings is 2. The molecule has 0 unspecified atom stereocenters. The highest BCUT2D eigenvalue weighted by Gasteiger charge is 2.73. The fourth-order valence-corrected chi connectivity index (χ4v) is 8.62. The second kappa shape index (κ2) is 9.41. The van der Waals surface area contributed by atoms with Gasteiger partial charge in [-0.3, -0.25) is 0 Å². The Morgan fingerprint density at radius 2 is 1.50 bits per heavy atom. The van der Waals surface area contributed by atoms with Gasteiger partial charge < -0.3 is 9.16 Å². The Balaban J connectivity index is 2.19. The van der Waals surface area contributed by atoms with E-state index in [4.69, 9.17) is 9.16 Å². The first-order chi connectivity index (χ1) is 15.1. The number of rotatable bonds is 10. The number of nitrogens with one attached hydrogen (secondary N) is 1. The quantitative estimate of drug-likeness (QED) is 0.414. The summed E-state index contributed by atoms with van der Waals surface area (Å²) in [5.41, 5.74) is 1.14. The zero-order valence-electron chi connectivity index (χ0n) is 20.7. The Hall–Kier alpha value is -1.47. The van der Waals surface area contributed by atoms with E-state index in [-0.39, 0.29) is 4.75 Å². The predicted octanol–water partition coefficient (Wildman–Crippen LogP) is 6.26. The van der Waals surface area contributed by atoms with Gasteiger partial charge in [0.15, 0.2) is 8.32 Å². The summed E-state index contributed by atoms with van der Waals surface area (Å²) in [7, 11) is -1.54. The molecule has 0 radical (unpaired) electrons. The third-order valence-corrected chi connectivity index (χ3v) is 13.3. The van der Waals surface area contributed by atoms with Crippen molar-refractivity contribution >= 4 is 19.3 Å². The van der Waals surface area contributed by atoms with Crippen molar-refractivity contribution in [3.63, 3.8) is 0 Å². The van der Waals surface area contributed by atoms with E-state index in [1.54, 1.807) is 7.11 Å². The summed E-state index contributed by atoms with van der Waals surface area (Å²) in [6.07, 6.45) is 0.757. The van der Waals surface area contributed by atoms with Gasteiger partial charge in [0.25, 0.3) is 0 Å². The van der Waals surface area contributed by atoms with Crippen LogP contribution >= 0.6 is 0 Å². The molecule has 176 valence electrons. The molecule has 0 bridgehead atoms. The largest absolute Gasteiger partial charge is 0.497 e. The minimum absolute atomic E-state index is 0.384. The van der Waals surface area contributed by atoms with Crippen LogP contribution in [0.4, 0.5) is 0 Å². The lowest BCUT2D eigenvalue weighted by Gasteiger charge is -2.38.